The van der Waals surface area contributed by atoms with Crippen LogP contribution in [0, 0.1) is 5.41 Å². The molecule has 2 N–H and O–H groups in total. The van der Waals surface area contributed by atoms with E-state index in [1.165, 1.54) is 0 Å². The van der Waals surface area contributed by atoms with Gasteiger partial charge in [-0.2, -0.15) is 0 Å². The number of fused-ring (bicyclic) bond motifs is 1. The molecule has 104 valence electrons. The van der Waals surface area contributed by atoms with E-state index in [9.17, 15) is 5.11 Å². The van der Waals surface area contributed by atoms with Gasteiger partial charge in [-0.15, -0.1) is 0 Å². The van der Waals surface area contributed by atoms with Crippen LogP contribution in [0.15, 0.2) is 18.6 Å². The topological polar surface area (TPSA) is 63.0 Å². The molecule has 0 saturated carbocycles. The van der Waals surface area contributed by atoms with Gasteiger partial charge in [0.05, 0.1) is 17.9 Å². The number of nitrogens with one attached hydrogen (secondary N) is 1. The van der Waals surface area contributed by atoms with E-state index in [4.69, 9.17) is 0 Å². The zero-order valence-corrected chi connectivity index (χ0v) is 12.0. The third-order valence-electron chi connectivity index (χ3n) is 3.00. The maximum atomic E-state index is 10.0. The van der Waals surface area contributed by atoms with Crippen LogP contribution in [-0.4, -0.2) is 32.3 Å². The minimum absolute atomic E-state index is 0.117. The fourth-order valence-corrected chi connectivity index (χ4v) is 2.19. The number of aliphatic hydroxyl groups is 1. The summed E-state index contributed by atoms with van der Waals surface area (Å²) in [6.45, 7) is 6.84. The highest BCUT2D eigenvalue weighted by atomic mass is 16.3. The Labute approximate surface area is 113 Å². The van der Waals surface area contributed by atoms with Gasteiger partial charge in [-0.05, 0) is 17.9 Å². The summed E-state index contributed by atoms with van der Waals surface area (Å²) in [6, 6.07) is 1.93. The van der Waals surface area contributed by atoms with Gasteiger partial charge in [0.2, 0.25) is 0 Å². The highest BCUT2D eigenvalue weighted by Gasteiger charge is 2.17. The minimum Gasteiger partial charge on any atom is -0.391 e. The van der Waals surface area contributed by atoms with Gasteiger partial charge < -0.3 is 15.0 Å². The fourth-order valence-electron chi connectivity index (χ4n) is 2.19. The predicted octanol–water partition coefficient (Wildman–Crippen LogP) is 2.18. The second-order valence-electron chi connectivity index (χ2n) is 6.18. The molecule has 1 unspecified atom stereocenters. The van der Waals surface area contributed by atoms with Crippen molar-refractivity contribution in [3.63, 3.8) is 0 Å². The number of hydrogen-bond acceptors (Lipinski definition) is 4. The molecule has 2 aromatic rings. The first-order chi connectivity index (χ1) is 8.87. The van der Waals surface area contributed by atoms with Crippen molar-refractivity contribution in [1.82, 2.24) is 14.5 Å². The maximum Gasteiger partial charge on any atom is 0.154 e. The van der Waals surface area contributed by atoms with E-state index in [-0.39, 0.29) is 11.5 Å². The molecular formula is C14H22N4O. The van der Waals surface area contributed by atoms with Crippen molar-refractivity contribution >= 4 is 16.9 Å². The van der Waals surface area contributed by atoms with Gasteiger partial charge in [-0.3, -0.25) is 0 Å². The zero-order chi connectivity index (χ0) is 14.0. The van der Waals surface area contributed by atoms with Crippen molar-refractivity contribution in [2.45, 2.75) is 33.3 Å². The quantitative estimate of drug-likeness (QED) is 0.886. The highest BCUT2D eigenvalue weighted by Crippen LogP contribution is 2.22. The van der Waals surface area contributed by atoms with Crippen molar-refractivity contribution in [3.05, 3.63) is 18.6 Å². The molecule has 0 aliphatic heterocycles. The molecule has 2 rings (SSSR count). The largest absolute Gasteiger partial charge is 0.391 e. The normalized spacial score (nSPS) is 13.7. The van der Waals surface area contributed by atoms with Crippen molar-refractivity contribution in [2.24, 2.45) is 12.5 Å². The second-order valence-corrected chi connectivity index (χ2v) is 6.18. The van der Waals surface area contributed by atoms with Gasteiger partial charge in [0, 0.05) is 19.8 Å². The first kappa shape index (κ1) is 13.8. The molecule has 0 fully saturated rings. The molecule has 0 aromatic carbocycles. The number of aromatic nitrogens is 3. The molecule has 0 aliphatic rings. The van der Waals surface area contributed by atoms with Crippen molar-refractivity contribution in [2.75, 3.05) is 11.9 Å². The minimum atomic E-state index is -0.388. The van der Waals surface area contributed by atoms with Crippen LogP contribution in [0.5, 0.6) is 0 Å². The van der Waals surface area contributed by atoms with Crippen LogP contribution in [-0.2, 0) is 7.05 Å². The Balaban J connectivity index is 2.06. The molecule has 0 radical (unpaired) electrons. The van der Waals surface area contributed by atoms with Gasteiger partial charge in [0.15, 0.2) is 5.82 Å². The first-order valence-corrected chi connectivity index (χ1v) is 6.55. The molecule has 0 bridgehead atoms. The summed E-state index contributed by atoms with van der Waals surface area (Å²) < 4.78 is 1.95. The lowest BCUT2D eigenvalue weighted by Gasteiger charge is -2.22. The van der Waals surface area contributed by atoms with E-state index in [1.54, 1.807) is 12.5 Å². The van der Waals surface area contributed by atoms with E-state index in [2.05, 4.69) is 36.1 Å². The molecule has 0 saturated heterocycles. The summed E-state index contributed by atoms with van der Waals surface area (Å²) in [5.41, 5.74) is 1.99. The standard InChI is InChI=1S/C14H22N4O/c1-14(2,3)7-10(19)8-16-13-12-11(5-6-15-13)18(4)9-17-12/h5-6,9-10,19H,7-8H2,1-4H3,(H,15,16). The van der Waals surface area contributed by atoms with Crippen LogP contribution >= 0.6 is 0 Å². The summed E-state index contributed by atoms with van der Waals surface area (Å²) >= 11 is 0. The molecular weight excluding hydrogens is 240 g/mol. The van der Waals surface area contributed by atoms with Crippen LogP contribution in [0.4, 0.5) is 5.82 Å². The second kappa shape index (κ2) is 5.17. The van der Waals surface area contributed by atoms with Crippen LogP contribution in [0.1, 0.15) is 27.2 Å². The Morgan fingerprint density at radius 3 is 2.79 bits per heavy atom. The third-order valence-corrected chi connectivity index (χ3v) is 3.00. The van der Waals surface area contributed by atoms with Crippen molar-refractivity contribution in [3.8, 4) is 0 Å². The molecule has 0 spiro atoms. The number of hydrogen-bond donors (Lipinski definition) is 2. The third kappa shape index (κ3) is 3.44. The maximum absolute atomic E-state index is 10.0. The Kier molecular flexibility index (Phi) is 3.75. The fraction of sp³-hybridized carbons (Fsp3) is 0.571. The van der Waals surface area contributed by atoms with E-state index in [0.717, 1.165) is 23.3 Å². The highest BCUT2D eigenvalue weighted by molar-refractivity contribution is 5.85. The lowest BCUT2D eigenvalue weighted by atomic mass is 9.89. The number of imidazole rings is 1. The molecule has 0 aliphatic carbocycles. The molecule has 5 nitrogen and oxygen atoms in total. The molecule has 19 heavy (non-hydrogen) atoms. The summed E-state index contributed by atoms with van der Waals surface area (Å²) in [6.07, 6.45) is 3.88. The van der Waals surface area contributed by atoms with Gasteiger partial charge in [-0.25, -0.2) is 9.97 Å². The Morgan fingerprint density at radius 2 is 2.11 bits per heavy atom. The number of nitrogens with zero attached hydrogens (tertiary/aromatic N) is 3. The molecule has 1 atom stereocenters. The van der Waals surface area contributed by atoms with Gasteiger partial charge in [0.1, 0.15) is 5.52 Å². The number of aliphatic hydroxyl groups excluding tert-OH is 1. The van der Waals surface area contributed by atoms with Crippen molar-refractivity contribution in [1.29, 1.82) is 0 Å². The first-order valence-electron chi connectivity index (χ1n) is 6.55. The van der Waals surface area contributed by atoms with Gasteiger partial charge in [-0.1, -0.05) is 20.8 Å². The molecule has 5 heteroatoms. The summed E-state index contributed by atoms with van der Waals surface area (Å²) in [4.78, 5) is 8.62. The number of pyridine rings is 1. The monoisotopic (exact) mass is 262 g/mol. The lowest BCUT2D eigenvalue weighted by molar-refractivity contribution is 0.132. The summed E-state index contributed by atoms with van der Waals surface area (Å²) in [5.74, 6) is 0.728. The van der Waals surface area contributed by atoms with Crippen LogP contribution < -0.4 is 5.32 Å². The smallest absolute Gasteiger partial charge is 0.154 e. The number of rotatable bonds is 4. The van der Waals surface area contributed by atoms with Gasteiger partial charge >= 0.3 is 0 Å². The Hall–Kier alpha value is -1.62. The summed E-state index contributed by atoms with van der Waals surface area (Å²) in [7, 11) is 1.95. The molecule has 0 amide bonds. The zero-order valence-electron chi connectivity index (χ0n) is 12.0. The summed E-state index contributed by atoms with van der Waals surface area (Å²) in [5, 5.41) is 13.2. The van der Waals surface area contributed by atoms with Crippen molar-refractivity contribution < 1.29 is 5.11 Å². The van der Waals surface area contributed by atoms with E-state index < -0.39 is 0 Å². The average molecular weight is 262 g/mol. The van der Waals surface area contributed by atoms with E-state index in [0.29, 0.717) is 6.54 Å². The lowest BCUT2D eigenvalue weighted by Crippen LogP contribution is -2.25. The Morgan fingerprint density at radius 1 is 1.37 bits per heavy atom. The van der Waals surface area contributed by atoms with Crippen LogP contribution in [0.3, 0.4) is 0 Å². The molecule has 2 aromatic heterocycles. The number of anilines is 1. The van der Waals surface area contributed by atoms with Gasteiger partial charge in [0.25, 0.3) is 0 Å². The van der Waals surface area contributed by atoms with E-state index >= 15 is 0 Å². The Bertz CT molecular complexity index is 556. The SMILES string of the molecule is Cn1cnc2c(NCC(O)CC(C)(C)C)nccc21. The van der Waals surface area contributed by atoms with Crippen LogP contribution in [0.25, 0.3) is 11.0 Å². The van der Waals surface area contributed by atoms with Crippen LogP contribution in [0.2, 0.25) is 0 Å². The molecule has 2 heterocycles. The average Bonchev–Trinajstić information content (AvgIpc) is 2.67. The number of aryl methyl sites for hydroxylation is 1. The van der Waals surface area contributed by atoms with E-state index in [1.807, 2.05) is 17.7 Å². The predicted molar refractivity (Wildman–Crippen MR) is 77.1 cm³/mol.